The minimum absolute atomic E-state index is 0.346. The number of nitrogens with one attached hydrogen (secondary N) is 1. The molecule has 0 spiro atoms. The molecule has 0 heterocycles. The van der Waals surface area contributed by atoms with Crippen molar-refractivity contribution in [2.24, 2.45) is 0 Å². The van der Waals surface area contributed by atoms with Crippen molar-refractivity contribution in [3.63, 3.8) is 0 Å². The van der Waals surface area contributed by atoms with Crippen LogP contribution in [0.2, 0.25) is 5.02 Å². The average molecular weight is 238 g/mol. The van der Waals surface area contributed by atoms with E-state index in [1.165, 1.54) is 6.07 Å². The van der Waals surface area contributed by atoms with Gasteiger partial charge in [-0.05, 0) is 30.3 Å². The van der Waals surface area contributed by atoms with Gasteiger partial charge < -0.3 is 5.32 Å². The van der Waals surface area contributed by atoms with Crippen LogP contribution in [0, 0.1) is 0 Å². The lowest BCUT2D eigenvalue weighted by Gasteiger charge is -2.10. The zero-order valence-corrected chi connectivity index (χ0v) is 8.91. The molecular formula is C10H11ClF3N. The molecule has 0 aliphatic carbocycles. The summed E-state index contributed by atoms with van der Waals surface area (Å²) in [5, 5.41) is 3.28. The summed E-state index contributed by atoms with van der Waals surface area (Å²) in [6.45, 7) is 2.91. The second-order valence-corrected chi connectivity index (χ2v) is 3.49. The highest BCUT2D eigenvalue weighted by Crippen LogP contribution is 2.31. The molecule has 0 amide bonds. The van der Waals surface area contributed by atoms with Gasteiger partial charge in [-0.2, -0.15) is 13.2 Å². The molecule has 15 heavy (non-hydrogen) atoms. The molecule has 1 nitrogen and oxygen atoms in total. The van der Waals surface area contributed by atoms with Crippen LogP contribution in [0.25, 0.3) is 0 Å². The number of halogens is 4. The van der Waals surface area contributed by atoms with Crippen molar-refractivity contribution in [1.29, 1.82) is 0 Å². The van der Waals surface area contributed by atoms with E-state index in [0.29, 0.717) is 23.7 Å². The monoisotopic (exact) mass is 237 g/mol. The summed E-state index contributed by atoms with van der Waals surface area (Å²) in [6.07, 6.45) is -4.31. The van der Waals surface area contributed by atoms with Gasteiger partial charge in [-0.3, -0.25) is 0 Å². The number of hydrogen-bond acceptors (Lipinski definition) is 1. The molecule has 0 atom stereocenters. The van der Waals surface area contributed by atoms with Gasteiger partial charge in [0.05, 0.1) is 5.56 Å². The number of rotatable bonds is 3. The van der Waals surface area contributed by atoms with Gasteiger partial charge in [0.2, 0.25) is 0 Å². The molecule has 1 rings (SSSR count). The van der Waals surface area contributed by atoms with Gasteiger partial charge in [-0.1, -0.05) is 18.5 Å². The van der Waals surface area contributed by atoms with E-state index in [1.54, 1.807) is 0 Å². The van der Waals surface area contributed by atoms with Crippen LogP contribution < -0.4 is 5.32 Å². The van der Waals surface area contributed by atoms with Gasteiger partial charge in [0.25, 0.3) is 0 Å². The van der Waals surface area contributed by atoms with Crippen molar-refractivity contribution >= 4 is 11.6 Å². The molecule has 0 saturated carbocycles. The molecule has 5 heteroatoms. The Morgan fingerprint density at radius 1 is 1.33 bits per heavy atom. The van der Waals surface area contributed by atoms with Crippen molar-refractivity contribution in [1.82, 2.24) is 5.32 Å². The van der Waals surface area contributed by atoms with Crippen LogP contribution in [-0.2, 0) is 12.7 Å². The summed E-state index contributed by atoms with van der Waals surface area (Å²) in [6, 6.07) is 3.33. The van der Waals surface area contributed by atoms with Crippen LogP contribution in [0.4, 0.5) is 13.2 Å². The molecule has 1 aromatic carbocycles. The Kier molecular flexibility index (Phi) is 3.99. The van der Waals surface area contributed by atoms with Crippen molar-refractivity contribution < 1.29 is 13.2 Å². The van der Waals surface area contributed by atoms with E-state index in [0.717, 1.165) is 12.1 Å². The minimum Gasteiger partial charge on any atom is -0.313 e. The predicted octanol–water partition coefficient (Wildman–Crippen LogP) is 3.47. The van der Waals surface area contributed by atoms with Crippen LogP contribution in [0.5, 0.6) is 0 Å². The fourth-order valence-corrected chi connectivity index (χ4v) is 1.33. The van der Waals surface area contributed by atoms with Crippen LogP contribution in [0.15, 0.2) is 18.2 Å². The molecule has 1 N–H and O–H groups in total. The van der Waals surface area contributed by atoms with Crippen molar-refractivity contribution in [2.75, 3.05) is 6.54 Å². The second kappa shape index (κ2) is 4.86. The Labute approximate surface area is 91.2 Å². The van der Waals surface area contributed by atoms with Crippen LogP contribution >= 0.6 is 11.6 Å². The van der Waals surface area contributed by atoms with Gasteiger partial charge in [0.1, 0.15) is 0 Å². The average Bonchev–Trinajstić information content (AvgIpc) is 2.15. The quantitative estimate of drug-likeness (QED) is 0.849. The van der Waals surface area contributed by atoms with Crippen molar-refractivity contribution in [3.05, 3.63) is 34.3 Å². The lowest BCUT2D eigenvalue weighted by molar-refractivity contribution is -0.137. The number of hydrogen-bond donors (Lipinski definition) is 1. The number of alkyl halides is 3. The third kappa shape index (κ3) is 3.39. The largest absolute Gasteiger partial charge is 0.416 e. The van der Waals surface area contributed by atoms with Gasteiger partial charge >= 0.3 is 6.18 Å². The maximum absolute atomic E-state index is 12.4. The van der Waals surface area contributed by atoms with Crippen LogP contribution in [0.3, 0.4) is 0 Å². The maximum Gasteiger partial charge on any atom is 0.416 e. The van der Waals surface area contributed by atoms with E-state index in [2.05, 4.69) is 5.32 Å². The standard InChI is InChI=1S/C10H11ClF3N/c1-2-15-6-7-5-8(10(12,13)14)3-4-9(7)11/h3-5,15H,2,6H2,1H3. The van der Waals surface area contributed by atoms with Crippen LogP contribution in [-0.4, -0.2) is 6.54 Å². The Hall–Kier alpha value is -0.740. The molecular weight excluding hydrogens is 227 g/mol. The second-order valence-electron chi connectivity index (χ2n) is 3.08. The van der Waals surface area contributed by atoms with Gasteiger partial charge in [-0.15, -0.1) is 0 Å². The summed E-state index contributed by atoms with van der Waals surface area (Å²) in [4.78, 5) is 0. The van der Waals surface area contributed by atoms with E-state index in [1.807, 2.05) is 6.92 Å². The SMILES string of the molecule is CCNCc1cc(C(F)(F)F)ccc1Cl. The van der Waals surface area contributed by atoms with Crippen molar-refractivity contribution in [2.45, 2.75) is 19.6 Å². The van der Waals surface area contributed by atoms with E-state index in [4.69, 9.17) is 11.6 Å². The lowest BCUT2D eigenvalue weighted by atomic mass is 10.1. The highest BCUT2D eigenvalue weighted by atomic mass is 35.5. The summed E-state index contributed by atoms with van der Waals surface area (Å²) in [5.74, 6) is 0. The maximum atomic E-state index is 12.4. The lowest BCUT2D eigenvalue weighted by Crippen LogP contribution is -2.13. The molecule has 1 aromatic rings. The smallest absolute Gasteiger partial charge is 0.313 e. The fourth-order valence-electron chi connectivity index (χ4n) is 1.15. The Balaban J connectivity index is 2.95. The predicted molar refractivity (Wildman–Crippen MR) is 53.8 cm³/mol. The zero-order chi connectivity index (χ0) is 11.5. The number of benzene rings is 1. The highest BCUT2D eigenvalue weighted by Gasteiger charge is 2.30. The molecule has 0 aliphatic rings. The van der Waals surface area contributed by atoms with Gasteiger partial charge in [0.15, 0.2) is 0 Å². The first-order valence-electron chi connectivity index (χ1n) is 4.51. The first-order chi connectivity index (χ1) is 6.95. The molecule has 0 fully saturated rings. The Morgan fingerprint density at radius 2 is 2.00 bits per heavy atom. The van der Waals surface area contributed by atoms with Gasteiger partial charge in [0, 0.05) is 11.6 Å². The summed E-state index contributed by atoms with van der Waals surface area (Å²) in [5.41, 5.74) is -0.201. The van der Waals surface area contributed by atoms with Crippen molar-refractivity contribution in [3.8, 4) is 0 Å². The van der Waals surface area contributed by atoms with Gasteiger partial charge in [-0.25, -0.2) is 0 Å². The molecule has 84 valence electrons. The first-order valence-corrected chi connectivity index (χ1v) is 4.89. The first kappa shape index (κ1) is 12.3. The Morgan fingerprint density at radius 3 is 2.53 bits per heavy atom. The fraction of sp³-hybridized carbons (Fsp3) is 0.400. The summed E-state index contributed by atoms with van der Waals surface area (Å²) in [7, 11) is 0. The molecule has 0 aromatic heterocycles. The highest BCUT2D eigenvalue weighted by molar-refractivity contribution is 6.31. The van der Waals surface area contributed by atoms with Crippen LogP contribution in [0.1, 0.15) is 18.1 Å². The minimum atomic E-state index is -4.31. The van der Waals surface area contributed by atoms with E-state index < -0.39 is 11.7 Å². The van der Waals surface area contributed by atoms with E-state index >= 15 is 0 Å². The van der Waals surface area contributed by atoms with E-state index in [9.17, 15) is 13.2 Å². The molecule has 0 saturated heterocycles. The molecule has 0 aliphatic heterocycles. The third-order valence-electron chi connectivity index (χ3n) is 1.94. The molecule has 0 radical (unpaired) electrons. The molecule has 0 bridgehead atoms. The zero-order valence-electron chi connectivity index (χ0n) is 8.16. The topological polar surface area (TPSA) is 12.0 Å². The third-order valence-corrected chi connectivity index (χ3v) is 2.31. The summed E-state index contributed by atoms with van der Waals surface area (Å²) < 4.78 is 37.1. The summed E-state index contributed by atoms with van der Waals surface area (Å²) >= 11 is 5.77. The molecule has 0 unspecified atom stereocenters. The Bertz CT molecular complexity index is 336. The van der Waals surface area contributed by atoms with E-state index in [-0.39, 0.29) is 0 Å². The normalized spacial score (nSPS) is 11.8.